The molecule has 0 radical (unpaired) electrons. The van der Waals surface area contributed by atoms with Gasteiger partial charge in [0.1, 0.15) is 5.75 Å². The fourth-order valence-electron chi connectivity index (χ4n) is 3.96. The van der Waals surface area contributed by atoms with E-state index in [1.807, 2.05) is 68.4 Å². The van der Waals surface area contributed by atoms with Crippen LogP contribution in [0.1, 0.15) is 37.8 Å². The van der Waals surface area contributed by atoms with E-state index in [-0.39, 0.29) is 5.91 Å². The quantitative estimate of drug-likeness (QED) is 0.551. The molecule has 1 atom stereocenters. The number of hydrogen-bond donors (Lipinski definition) is 1. The van der Waals surface area contributed by atoms with Crippen molar-refractivity contribution in [3.05, 3.63) is 65.7 Å². The molecule has 2 aromatic carbocycles. The zero-order valence-electron chi connectivity index (χ0n) is 19.8. The molecular weight excluding hydrogens is 412 g/mol. The van der Waals surface area contributed by atoms with E-state index in [2.05, 4.69) is 27.3 Å². The Morgan fingerprint density at radius 3 is 2.58 bits per heavy atom. The lowest BCUT2D eigenvalue weighted by Gasteiger charge is -2.30. The first-order valence-electron chi connectivity index (χ1n) is 11.6. The van der Waals surface area contributed by atoms with Gasteiger partial charge in [0.05, 0.1) is 5.69 Å². The van der Waals surface area contributed by atoms with Crippen LogP contribution >= 0.6 is 0 Å². The second-order valence-corrected chi connectivity index (χ2v) is 9.05. The summed E-state index contributed by atoms with van der Waals surface area (Å²) in [5.74, 6) is 2.23. The average Bonchev–Trinajstić information content (AvgIpc) is 2.82. The smallest absolute Gasteiger partial charge is 0.265 e. The zero-order chi connectivity index (χ0) is 23.4. The fraction of sp³-hybridized carbons (Fsp3) is 0.370. The summed E-state index contributed by atoms with van der Waals surface area (Å²) in [6, 6.07) is 17.7. The van der Waals surface area contributed by atoms with Gasteiger partial charge in [-0.25, -0.2) is 0 Å². The van der Waals surface area contributed by atoms with E-state index in [4.69, 9.17) is 4.74 Å². The van der Waals surface area contributed by atoms with Crippen molar-refractivity contribution in [1.29, 1.82) is 0 Å². The number of ether oxygens (including phenoxy) is 1. The SMILES string of the molecule is Cc1ccc(C)c(OC(C)C(=O)Nc2cccc(-c3ccc(N4CCC(C)CC4)nn3)c2)c1. The van der Waals surface area contributed by atoms with Crippen LogP contribution in [0.25, 0.3) is 11.3 Å². The Labute approximate surface area is 196 Å². The van der Waals surface area contributed by atoms with Crippen LogP contribution in [0, 0.1) is 19.8 Å². The van der Waals surface area contributed by atoms with Crippen molar-refractivity contribution in [2.45, 2.75) is 46.6 Å². The number of amides is 1. The number of carbonyl (C=O) groups is 1. The second-order valence-electron chi connectivity index (χ2n) is 9.05. The van der Waals surface area contributed by atoms with Crippen molar-refractivity contribution in [2.75, 3.05) is 23.3 Å². The van der Waals surface area contributed by atoms with Gasteiger partial charge in [-0.2, -0.15) is 0 Å². The van der Waals surface area contributed by atoms with Gasteiger partial charge in [0.2, 0.25) is 0 Å². The van der Waals surface area contributed by atoms with Crippen molar-refractivity contribution < 1.29 is 9.53 Å². The highest BCUT2D eigenvalue weighted by atomic mass is 16.5. The summed E-state index contributed by atoms with van der Waals surface area (Å²) < 4.78 is 5.91. The van der Waals surface area contributed by atoms with Crippen molar-refractivity contribution >= 4 is 17.4 Å². The van der Waals surface area contributed by atoms with E-state index >= 15 is 0 Å². The molecule has 6 nitrogen and oxygen atoms in total. The van der Waals surface area contributed by atoms with Gasteiger partial charge in [0, 0.05) is 24.3 Å². The molecule has 6 heteroatoms. The summed E-state index contributed by atoms with van der Waals surface area (Å²) in [5.41, 5.74) is 4.48. The lowest BCUT2D eigenvalue weighted by Crippen LogP contribution is -2.33. The minimum atomic E-state index is -0.625. The third-order valence-corrected chi connectivity index (χ3v) is 6.20. The highest BCUT2D eigenvalue weighted by Crippen LogP contribution is 2.25. The lowest BCUT2D eigenvalue weighted by atomic mass is 9.99. The number of anilines is 2. The van der Waals surface area contributed by atoms with Gasteiger partial charge < -0.3 is 15.0 Å². The first-order valence-corrected chi connectivity index (χ1v) is 11.6. The predicted octanol–water partition coefficient (Wildman–Crippen LogP) is 5.40. The zero-order valence-corrected chi connectivity index (χ0v) is 19.8. The third-order valence-electron chi connectivity index (χ3n) is 6.20. The number of aromatic nitrogens is 2. The number of carbonyl (C=O) groups excluding carboxylic acids is 1. The van der Waals surface area contributed by atoms with Crippen LogP contribution in [0.2, 0.25) is 0 Å². The van der Waals surface area contributed by atoms with Crippen LogP contribution in [0.5, 0.6) is 5.75 Å². The number of aryl methyl sites for hydroxylation is 2. The Balaban J connectivity index is 1.41. The standard InChI is InChI=1S/C27H32N4O2/c1-18-12-14-31(15-13-18)26-11-10-24(29-30-26)22-6-5-7-23(17-22)28-27(32)21(4)33-25-16-19(2)8-9-20(25)3/h5-11,16-18,21H,12-15H2,1-4H3,(H,28,32). The molecule has 0 aliphatic carbocycles. The molecule has 33 heavy (non-hydrogen) atoms. The Bertz CT molecular complexity index is 1110. The van der Waals surface area contributed by atoms with Gasteiger partial charge in [0.15, 0.2) is 11.9 Å². The van der Waals surface area contributed by atoms with Crippen LogP contribution in [0.4, 0.5) is 11.5 Å². The van der Waals surface area contributed by atoms with Crippen LogP contribution in [0.3, 0.4) is 0 Å². The van der Waals surface area contributed by atoms with Gasteiger partial charge in [0.25, 0.3) is 5.91 Å². The second kappa shape index (κ2) is 10.0. The fourth-order valence-corrected chi connectivity index (χ4v) is 3.96. The normalized spacial score (nSPS) is 15.2. The van der Waals surface area contributed by atoms with E-state index in [1.165, 1.54) is 12.8 Å². The van der Waals surface area contributed by atoms with Crippen LogP contribution in [0.15, 0.2) is 54.6 Å². The summed E-state index contributed by atoms with van der Waals surface area (Å²) in [6.07, 6.45) is 1.76. The van der Waals surface area contributed by atoms with Crippen molar-refractivity contribution in [2.24, 2.45) is 5.92 Å². The number of piperidine rings is 1. The molecule has 0 saturated carbocycles. The summed E-state index contributed by atoms with van der Waals surface area (Å²) in [5, 5.41) is 11.8. The molecule has 1 N–H and O–H groups in total. The largest absolute Gasteiger partial charge is 0.481 e. The van der Waals surface area contributed by atoms with E-state index in [9.17, 15) is 4.79 Å². The molecule has 1 fully saturated rings. The molecule has 1 amide bonds. The van der Waals surface area contributed by atoms with Crippen molar-refractivity contribution in [3.63, 3.8) is 0 Å². The monoisotopic (exact) mass is 444 g/mol. The van der Waals surface area contributed by atoms with Gasteiger partial charge in [-0.15, -0.1) is 10.2 Å². The molecule has 1 saturated heterocycles. The van der Waals surface area contributed by atoms with Crippen molar-refractivity contribution in [3.8, 4) is 17.0 Å². The van der Waals surface area contributed by atoms with Crippen molar-refractivity contribution in [1.82, 2.24) is 10.2 Å². The number of nitrogens with one attached hydrogen (secondary N) is 1. The van der Waals surface area contributed by atoms with E-state index in [0.29, 0.717) is 5.69 Å². The number of rotatable bonds is 6. The number of hydrogen-bond acceptors (Lipinski definition) is 5. The molecule has 2 heterocycles. The topological polar surface area (TPSA) is 67.3 Å². The van der Waals surface area contributed by atoms with Crippen LogP contribution in [-0.4, -0.2) is 35.3 Å². The maximum absolute atomic E-state index is 12.7. The molecule has 1 aromatic heterocycles. The highest BCUT2D eigenvalue weighted by Gasteiger charge is 2.18. The van der Waals surface area contributed by atoms with Gasteiger partial charge in [-0.1, -0.05) is 31.2 Å². The maximum Gasteiger partial charge on any atom is 0.265 e. The molecule has 4 rings (SSSR count). The number of benzene rings is 2. The Morgan fingerprint density at radius 2 is 1.85 bits per heavy atom. The number of nitrogens with zero attached hydrogens (tertiary/aromatic N) is 3. The molecule has 1 unspecified atom stereocenters. The molecule has 1 aliphatic heterocycles. The first-order chi connectivity index (χ1) is 15.9. The molecule has 3 aromatic rings. The van der Waals surface area contributed by atoms with Crippen LogP contribution < -0.4 is 15.0 Å². The molecule has 0 spiro atoms. The minimum absolute atomic E-state index is 0.200. The third kappa shape index (κ3) is 5.69. The Morgan fingerprint density at radius 1 is 1.06 bits per heavy atom. The molecule has 172 valence electrons. The Kier molecular flexibility index (Phi) is 6.92. The van der Waals surface area contributed by atoms with E-state index < -0.39 is 6.10 Å². The Hall–Kier alpha value is -3.41. The van der Waals surface area contributed by atoms with E-state index in [1.54, 1.807) is 6.92 Å². The highest BCUT2D eigenvalue weighted by molar-refractivity contribution is 5.94. The first kappa shape index (κ1) is 22.8. The summed E-state index contributed by atoms with van der Waals surface area (Å²) in [4.78, 5) is 15.0. The predicted molar refractivity (Wildman–Crippen MR) is 133 cm³/mol. The maximum atomic E-state index is 12.7. The summed E-state index contributed by atoms with van der Waals surface area (Å²) in [6.45, 7) is 10.1. The van der Waals surface area contributed by atoms with Gasteiger partial charge in [-0.05, 0) is 81.0 Å². The minimum Gasteiger partial charge on any atom is -0.481 e. The molecule has 0 bridgehead atoms. The van der Waals surface area contributed by atoms with Gasteiger partial charge >= 0.3 is 0 Å². The van der Waals surface area contributed by atoms with Gasteiger partial charge in [-0.3, -0.25) is 4.79 Å². The summed E-state index contributed by atoms with van der Waals surface area (Å²) >= 11 is 0. The summed E-state index contributed by atoms with van der Waals surface area (Å²) in [7, 11) is 0. The average molecular weight is 445 g/mol. The molecule has 1 aliphatic rings. The van der Waals surface area contributed by atoms with E-state index in [0.717, 1.165) is 53.0 Å². The molecular formula is C27H32N4O2. The van der Waals surface area contributed by atoms with Crippen LogP contribution in [-0.2, 0) is 4.79 Å². The lowest BCUT2D eigenvalue weighted by molar-refractivity contribution is -0.122.